The van der Waals surface area contributed by atoms with Crippen molar-refractivity contribution in [1.82, 2.24) is 4.90 Å². The first-order chi connectivity index (χ1) is 4.72. The van der Waals surface area contributed by atoms with Gasteiger partial charge in [-0.3, -0.25) is 9.69 Å². The summed E-state index contributed by atoms with van der Waals surface area (Å²) >= 11 is 0. The zero-order valence-electron chi connectivity index (χ0n) is 5.61. The van der Waals surface area contributed by atoms with Gasteiger partial charge in [0, 0.05) is 6.54 Å². The Morgan fingerprint density at radius 1 is 1.80 bits per heavy atom. The average Bonchev–Trinajstić information content (AvgIpc) is 1.89. The number of carbonyl (C=O) groups excluding carboxylic acids is 1. The molecule has 10 heavy (non-hydrogen) atoms. The summed E-state index contributed by atoms with van der Waals surface area (Å²) in [6, 6.07) is 0. The zero-order chi connectivity index (χ0) is 7.98. The largest absolute Gasteiger partial charge is 0.465 e. The van der Waals surface area contributed by atoms with Crippen LogP contribution in [0.15, 0.2) is 0 Å². The molecule has 5 heteroatoms. The Kier molecular flexibility index (Phi) is 4.02. The number of rotatable bonds is 4. The Morgan fingerprint density at radius 3 is 2.70 bits per heavy atom. The Hall–Kier alpha value is -1.26. The maximum absolute atomic E-state index is 10.2. The van der Waals surface area contributed by atoms with Crippen molar-refractivity contribution >= 4 is 12.6 Å². The lowest BCUT2D eigenvalue weighted by Crippen LogP contribution is -2.31. The fourth-order valence-electron chi connectivity index (χ4n) is 0.402. The van der Waals surface area contributed by atoms with E-state index in [0.717, 1.165) is 4.90 Å². The fourth-order valence-corrected chi connectivity index (χ4v) is 0.402. The molecule has 1 N–H and O–H groups in total. The number of hydrogen-bond donors (Lipinski definition) is 1. The van der Waals surface area contributed by atoms with Crippen molar-refractivity contribution in [2.75, 3.05) is 13.3 Å². The van der Waals surface area contributed by atoms with Crippen LogP contribution in [0.1, 0.15) is 6.92 Å². The average molecular weight is 147 g/mol. The highest BCUT2D eigenvalue weighted by molar-refractivity contribution is 5.64. The molecule has 0 heterocycles. The molecule has 0 saturated carbocycles. The Bertz CT molecular complexity index is 125. The third-order valence-corrected chi connectivity index (χ3v) is 0.951. The quantitative estimate of drug-likeness (QED) is 0.453. The summed E-state index contributed by atoms with van der Waals surface area (Å²) in [6.45, 7) is 1.98. The monoisotopic (exact) mass is 147 g/mol. The zero-order valence-corrected chi connectivity index (χ0v) is 5.61. The lowest BCUT2D eigenvalue weighted by atomic mass is 10.6. The van der Waals surface area contributed by atoms with Crippen molar-refractivity contribution in [2.45, 2.75) is 6.92 Å². The molecule has 0 fully saturated rings. The Balaban J connectivity index is 3.60. The molecule has 0 aliphatic rings. The van der Waals surface area contributed by atoms with Crippen LogP contribution in [0, 0.1) is 0 Å². The second kappa shape index (κ2) is 4.60. The van der Waals surface area contributed by atoms with Gasteiger partial charge >= 0.3 is 6.09 Å². The summed E-state index contributed by atoms with van der Waals surface area (Å²) in [5.41, 5.74) is 0. The molecule has 0 aliphatic carbocycles. The molecule has 0 atom stereocenters. The molecule has 58 valence electrons. The van der Waals surface area contributed by atoms with Crippen molar-refractivity contribution in [3.8, 4) is 0 Å². The Morgan fingerprint density at radius 2 is 2.40 bits per heavy atom. The number of hydrogen-bond acceptors (Lipinski definition) is 3. The molecule has 0 bridgehead atoms. The highest BCUT2D eigenvalue weighted by Gasteiger charge is 2.07. The molecule has 0 rings (SSSR count). The van der Waals surface area contributed by atoms with Crippen molar-refractivity contribution < 1.29 is 19.4 Å². The predicted molar refractivity (Wildman–Crippen MR) is 32.4 cm³/mol. The summed E-state index contributed by atoms with van der Waals surface area (Å²) in [4.78, 5) is 20.7. The lowest BCUT2D eigenvalue weighted by Gasteiger charge is -2.13. The fraction of sp³-hybridized carbons (Fsp3) is 0.600. The van der Waals surface area contributed by atoms with Gasteiger partial charge in [-0.05, 0) is 6.92 Å². The molecule has 0 aromatic carbocycles. The third-order valence-electron chi connectivity index (χ3n) is 0.951. The molecule has 0 spiro atoms. The van der Waals surface area contributed by atoms with Gasteiger partial charge in [-0.2, -0.15) is 0 Å². The van der Waals surface area contributed by atoms with Gasteiger partial charge in [0.2, 0.25) is 0 Å². The van der Waals surface area contributed by atoms with E-state index < -0.39 is 6.09 Å². The van der Waals surface area contributed by atoms with Gasteiger partial charge in [0.1, 0.15) is 0 Å². The van der Waals surface area contributed by atoms with E-state index in [-0.39, 0.29) is 13.2 Å². The number of amides is 1. The number of carbonyl (C=O) groups is 2. The highest BCUT2D eigenvalue weighted by atomic mass is 16.5. The van der Waals surface area contributed by atoms with Crippen LogP contribution in [0.4, 0.5) is 4.79 Å². The standard InChI is InChI=1S/C5H9NO4/c1-2-6(5(8)9)3-10-4-7/h4H,2-3H2,1H3,(H,8,9). The van der Waals surface area contributed by atoms with E-state index in [0.29, 0.717) is 6.54 Å². The molecule has 0 unspecified atom stereocenters. The minimum atomic E-state index is -1.09. The first-order valence-electron chi connectivity index (χ1n) is 2.75. The van der Waals surface area contributed by atoms with Crippen molar-refractivity contribution in [3.63, 3.8) is 0 Å². The van der Waals surface area contributed by atoms with Gasteiger partial charge in [0.15, 0.2) is 6.73 Å². The van der Waals surface area contributed by atoms with Crippen LogP contribution in [0.3, 0.4) is 0 Å². The first-order valence-corrected chi connectivity index (χ1v) is 2.75. The van der Waals surface area contributed by atoms with Gasteiger partial charge in [-0.25, -0.2) is 4.79 Å². The smallest absolute Gasteiger partial charge is 0.409 e. The molecular formula is C5H9NO4. The number of nitrogens with zero attached hydrogens (tertiary/aromatic N) is 1. The summed E-state index contributed by atoms with van der Waals surface area (Å²) < 4.78 is 4.21. The molecule has 0 radical (unpaired) electrons. The summed E-state index contributed by atoms with van der Waals surface area (Å²) in [5.74, 6) is 0. The van der Waals surface area contributed by atoms with Crippen LogP contribution >= 0.6 is 0 Å². The second-order valence-electron chi connectivity index (χ2n) is 1.53. The molecule has 0 aromatic heterocycles. The maximum atomic E-state index is 10.2. The van der Waals surface area contributed by atoms with Gasteiger partial charge in [-0.1, -0.05) is 0 Å². The van der Waals surface area contributed by atoms with E-state index in [1.807, 2.05) is 0 Å². The van der Waals surface area contributed by atoms with Crippen LogP contribution < -0.4 is 0 Å². The molecule has 0 aromatic rings. The molecule has 5 nitrogen and oxygen atoms in total. The summed E-state index contributed by atoms with van der Waals surface area (Å²) in [5, 5.41) is 8.33. The Labute approximate surface area is 58.2 Å². The van der Waals surface area contributed by atoms with E-state index in [2.05, 4.69) is 4.74 Å². The maximum Gasteiger partial charge on any atom is 0.409 e. The van der Waals surface area contributed by atoms with Gasteiger partial charge in [0.05, 0.1) is 0 Å². The van der Waals surface area contributed by atoms with Crippen molar-refractivity contribution in [3.05, 3.63) is 0 Å². The van der Waals surface area contributed by atoms with E-state index in [9.17, 15) is 9.59 Å². The van der Waals surface area contributed by atoms with E-state index in [1.165, 1.54) is 0 Å². The lowest BCUT2D eigenvalue weighted by molar-refractivity contribution is -0.132. The van der Waals surface area contributed by atoms with E-state index >= 15 is 0 Å². The normalized spacial score (nSPS) is 8.50. The van der Waals surface area contributed by atoms with E-state index in [4.69, 9.17) is 5.11 Å². The minimum Gasteiger partial charge on any atom is -0.465 e. The van der Waals surface area contributed by atoms with Gasteiger partial charge in [0.25, 0.3) is 6.47 Å². The predicted octanol–water partition coefficient (Wildman–Crippen LogP) is 0.117. The highest BCUT2D eigenvalue weighted by Crippen LogP contribution is 1.87. The molecular weight excluding hydrogens is 138 g/mol. The summed E-state index contributed by atoms with van der Waals surface area (Å²) in [7, 11) is 0. The van der Waals surface area contributed by atoms with Crippen LogP contribution in [0.5, 0.6) is 0 Å². The number of carboxylic acid groups (broad SMARTS) is 1. The second-order valence-corrected chi connectivity index (χ2v) is 1.53. The van der Waals surface area contributed by atoms with Crippen LogP contribution in [-0.4, -0.2) is 35.8 Å². The molecule has 1 amide bonds. The molecule has 0 saturated heterocycles. The van der Waals surface area contributed by atoms with E-state index in [1.54, 1.807) is 6.92 Å². The molecule has 0 aliphatic heterocycles. The SMILES string of the molecule is CCN(COC=O)C(=O)O. The summed E-state index contributed by atoms with van der Waals surface area (Å²) in [6.07, 6.45) is -1.09. The van der Waals surface area contributed by atoms with Crippen molar-refractivity contribution in [2.24, 2.45) is 0 Å². The number of ether oxygens (including phenoxy) is 1. The van der Waals surface area contributed by atoms with Gasteiger partial charge in [-0.15, -0.1) is 0 Å². The van der Waals surface area contributed by atoms with Crippen LogP contribution in [-0.2, 0) is 9.53 Å². The van der Waals surface area contributed by atoms with Crippen LogP contribution in [0.2, 0.25) is 0 Å². The van der Waals surface area contributed by atoms with Crippen molar-refractivity contribution in [1.29, 1.82) is 0 Å². The third kappa shape index (κ3) is 2.91. The first kappa shape index (κ1) is 8.74. The minimum absolute atomic E-state index is 0.199. The topological polar surface area (TPSA) is 66.8 Å². The van der Waals surface area contributed by atoms with Crippen LogP contribution in [0.25, 0.3) is 0 Å². The van der Waals surface area contributed by atoms with Gasteiger partial charge < -0.3 is 9.84 Å².